The molecule has 0 atom stereocenters. The van der Waals surface area contributed by atoms with Gasteiger partial charge in [0.1, 0.15) is 4.90 Å². The van der Waals surface area contributed by atoms with Crippen molar-refractivity contribution in [2.45, 2.75) is 18.4 Å². The van der Waals surface area contributed by atoms with Crippen LogP contribution in [0.25, 0.3) is 0 Å². The highest BCUT2D eigenvalue weighted by atomic mass is 32.2. The van der Waals surface area contributed by atoms with Crippen molar-refractivity contribution < 1.29 is 8.42 Å². The summed E-state index contributed by atoms with van der Waals surface area (Å²) < 4.78 is 28.0. The van der Waals surface area contributed by atoms with Crippen LogP contribution in [0.2, 0.25) is 0 Å². The van der Waals surface area contributed by atoms with Crippen LogP contribution in [-0.4, -0.2) is 49.4 Å². The largest absolute Gasteiger partial charge is 0.352 e. The van der Waals surface area contributed by atoms with Gasteiger partial charge in [0.15, 0.2) is 0 Å². The number of thioether (sulfide) groups is 1. The predicted molar refractivity (Wildman–Crippen MR) is 81.0 cm³/mol. The highest BCUT2D eigenvalue weighted by Crippen LogP contribution is 2.17. The van der Waals surface area contributed by atoms with Gasteiger partial charge in [-0.25, -0.2) is 12.7 Å². The monoisotopic (exact) mass is 305 g/mol. The maximum absolute atomic E-state index is 12.4. The molecule has 0 unspecified atom stereocenters. The van der Waals surface area contributed by atoms with Gasteiger partial charge < -0.3 is 9.88 Å². The second kappa shape index (κ2) is 7.33. The zero-order valence-electron chi connectivity index (χ0n) is 12.0. The Labute approximate surface area is 120 Å². The Morgan fingerprint density at radius 2 is 2.16 bits per heavy atom. The Hall–Kier alpha value is -0.500. The molecule has 7 heteroatoms. The maximum atomic E-state index is 12.4. The summed E-state index contributed by atoms with van der Waals surface area (Å²) >= 11 is 1.64. The number of aromatic nitrogens is 1. The second-order valence-electron chi connectivity index (χ2n) is 4.38. The minimum absolute atomic E-state index is 0.367. The van der Waals surface area contributed by atoms with Crippen molar-refractivity contribution in [3.05, 3.63) is 18.0 Å². The Morgan fingerprint density at radius 3 is 2.74 bits per heavy atom. The number of nitrogens with zero attached hydrogens (tertiary/aromatic N) is 2. The third-order valence-corrected chi connectivity index (χ3v) is 5.37. The van der Waals surface area contributed by atoms with E-state index >= 15 is 0 Å². The van der Waals surface area contributed by atoms with Crippen molar-refractivity contribution in [3.8, 4) is 0 Å². The molecule has 0 spiro atoms. The maximum Gasteiger partial charge on any atom is 0.244 e. The number of hydrogen-bond donors (Lipinski definition) is 1. The first-order chi connectivity index (χ1) is 8.93. The van der Waals surface area contributed by atoms with E-state index in [9.17, 15) is 8.42 Å². The predicted octanol–water partition coefficient (Wildman–Crippen LogP) is 1.12. The summed E-state index contributed by atoms with van der Waals surface area (Å²) in [5, 5.41) is 3.20. The van der Waals surface area contributed by atoms with Gasteiger partial charge in [-0.2, -0.15) is 11.8 Å². The van der Waals surface area contributed by atoms with E-state index < -0.39 is 10.0 Å². The van der Waals surface area contributed by atoms with Crippen LogP contribution >= 0.6 is 11.8 Å². The molecule has 0 amide bonds. The molecular formula is C12H23N3O2S2. The van der Waals surface area contributed by atoms with Crippen LogP contribution in [0.5, 0.6) is 0 Å². The lowest BCUT2D eigenvalue weighted by molar-refractivity contribution is 0.488. The normalized spacial score (nSPS) is 12.3. The molecule has 0 saturated carbocycles. The van der Waals surface area contributed by atoms with E-state index in [0.29, 0.717) is 18.0 Å². The topological polar surface area (TPSA) is 54.3 Å². The average Bonchev–Trinajstić information content (AvgIpc) is 2.75. The van der Waals surface area contributed by atoms with Gasteiger partial charge in [-0.15, -0.1) is 0 Å². The molecule has 0 aliphatic heterocycles. The average molecular weight is 305 g/mol. The van der Waals surface area contributed by atoms with E-state index in [4.69, 9.17) is 0 Å². The zero-order valence-corrected chi connectivity index (χ0v) is 13.6. The van der Waals surface area contributed by atoms with Crippen molar-refractivity contribution >= 4 is 21.8 Å². The van der Waals surface area contributed by atoms with Crippen molar-refractivity contribution in [2.75, 3.05) is 32.1 Å². The molecule has 0 radical (unpaired) electrons. The van der Waals surface area contributed by atoms with E-state index in [1.807, 2.05) is 24.8 Å². The number of hydrogen-bond acceptors (Lipinski definition) is 4. The van der Waals surface area contributed by atoms with E-state index in [1.54, 1.807) is 31.1 Å². The van der Waals surface area contributed by atoms with E-state index in [-0.39, 0.29) is 0 Å². The second-order valence-corrected chi connectivity index (χ2v) is 7.41. The van der Waals surface area contributed by atoms with Crippen LogP contribution < -0.4 is 5.32 Å². The summed E-state index contributed by atoms with van der Waals surface area (Å²) in [6.45, 7) is 4.09. The van der Waals surface area contributed by atoms with Crippen LogP contribution in [0.3, 0.4) is 0 Å². The van der Waals surface area contributed by atoms with Crippen molar-refractivity contribution in [3.63, 3.8) is 0 Å². The molecule has 5 nitrogen and oxygen atoms in total. The fraction of sp³-hybridized carbons (Fsp3) is 0.667. The summed E-state index contributed by atoms with van der Waals surface area (Å²) in [5.74, 6) is 0.798. The fourth-order valence-electron chi connectivity index (χ4n) is 1.67. The highest BCUT2D eigenvalue weighted by molar-refractivity contribution is 7.98. The van der Waals surface area contributed by atoms with Crippen molar-refractivity contribution in [1.29, 1.82) is 0 Å². The first kappa shape index (κ1) is 16.6. The third-order valence-electron chi connectivity index (χ3n) is 2.96. The van der Waals surface area contributed by atoms with Gasteiger partial charge in [-0.05, 0) is 18.9 Å². The quantitative estimate of drug-likeness (QED) is 0.782. The molecule has 0 aromatic carbocycles. The summed E-state index contributed by atoms with van der Waals surface area (Å²) in [4.78, 5) is 0.367. The van der Waals surface area contributed by atoms with Gasteiger partial charge in [-0.3, -0.25) is 0 Å². The lowest BCUT2D eigenvalue weighted by Gasteiger charge is -2.15. The van der Waals surface area contributed by atoms with Crippen molar-refractivity contribution in [1.82, 2.24) is 14.2 Å². The Morgan fingerprint density at radius 1 is 1.47 bits per heavy atom. The van der Waals surface area contributed by atoms with Gasteiger partial charge in [0, 0.05) is 44.8 Å². The van der Waals surface area contributed by atoms with Gasteiger partial charge in [-0.1, -0.05) is 6.92 Å². The summed E-state index contributed by atoms with van der Waals surface area (Å²) in [7, 11) is 0.130. The first-order valence-corrected chi connectivity index (χ1v) is 9.08. The van der Waals surface area contributed by atoms with Crippen LogP contribution in [0.1, 0.15) is 12.6 Å². The molecule has 0 saturated heterocycles. The van der Waals surface area contributed by atoms with E-state index in [1.165, 1.54) is 4.31 Å². The Kier molecular flexibility index (Phi) is 6.38. The number of aryl methyl sites for hydroxylation is 1. The summed E-state index contributed by atoms with van der Waals surface area (Å²) in [6.07, 6.45) is 3.65. The van der Waals surface area contributed by atoms with E-state index in [0.717, 1.165) is 18.0 Å². The van der Waals surface area contributed by atoms with Crippen LogP contribution in [0.4, 0.5) is 0 Å². The van der Waals surface area contributed by atoms with Crippen LogP contribution in [-0.2, 0) is 23.6 Å². The Bertz CT molecular complexity index is 497. The standard InChI is InChI=1S/C12H23N3O2S2/c1-5-13-9-11-8-12(10-14(11)2)19(16,17)15(3)6-7-18-4/h8,10,13H,5-7,9H2,1-4H3. The molecule has 0 bridgehead atoms. The lowest BCUT2D eigenvalue weighted by Crippen LogP contribution is -2.28. The number of rotatable bonds is 8. The van der Waals surface area contributed by atoms with Crippen LogP contribution in [0, 0.1) is 0 Å². The van der Waals surface area contributed by atoms with Crippen LogP contribution in [0.15, 0.2) is 17.2 Å². The SMILES string of the molecule is CCNCc1cc(S(=O)(=O)N(C)CCSC)cn1C. The third kappa shape index (κ3) is 4.24. The molecule has 1 aromatic heterocycles. The molecule has 1 heterocycles. The minimum atomic E-state index is -3.37. The Balaban J connectivity index is 2.89. The van der Waals surface area contributed by atoms with Gasteiger partial charge in [0.05, 0.1) is 0 Å². The molecule has 110 valence electrons. The molecule has 1 rings (SSSR count). The summed E-state index contributed by atoms with van der Waals surface area (Å²) in [6, 6.07) is 1.74. The first-order valence-electron chi connectivity index (χ1n) is 6.24. The van der Waals surface area contributed by atoms with Gasteiger partial charge in [0.25, 0.3) is 0 Å². The smallest absolute Gasteiger partial charge is 0.244 e. The minimum Gasteiger partial charge on any atom is -0.352 e. The molecule has 0 fully saturated rings. The number of nitrogens with one attached hydrogen (secondary N) is 1. The van der Waals surface area contributed by atoms with Gasteiger partial charge >= 0.3 is 0 Å². The number of sulfonamides is 1. The molecule has 19 heavy (non-hydrogen) atoms. The molecule has 1 N–H and O–H groups in total. The zero-order chi connectivity index (χ0) is 14.5. The van der Waals surface area contributed by atoms with Gasteiger partial charge in [0.2, 0.25) is 10.0 Å². The van der Waals surface area contributed by atoms with E-state index in [2.05, 4.69) is 5.32 Å². The molecular weight excluding hydrogens is 282 g/mol. The molecule has 0 aliphatic carbocycles. The molecule has 0 aliphatic rings. The lowest BCUT2D eigenvalue weighted by atomic mass is 10.4. The molecule has 1 aromatic rings. The summed E-state index contributed by atoms with van der Waals surface area (Å²) in [5.41, 5.74) is 0.971. The van der Waals surface area contributed by atoms with Crippen molar-refractivity contribution in [2.24, 2.45) is 7.05 Å². The fourth-order valence-corrected chi connectivity index (χ4v) is 3.51. The highest BCUT2D eigenvalue weighted by Gasteiger charge is 2.22.